The van der Waals surface area contributed by atoms with E-state index in [1.54, 1.807) is 12.3 Å². The molecule has 0 aliphatic heterocycles. The second-order valence-electron chi connectivity index (χ2n) is 3.79. The fourth-order valence-corrected chi connectivity index (χ4v) is 3.20. The van der Waals surface area contributed by atoms with Gasteiger partial charge in [0.2, 0.25) is 0 Å². The van der Waals surface area contributed by atoms with Crippen LogP contribution in [0.25, 0.3) is 0 Å². The maximum absolute atomic E-state index is 11.7. The Labute approximate surface area is 132 Å². The Kier molecular flexibility index (Phi) is 4.90. The van der Waals surface area contributed by atoms with Crippen LogP contribution in [0.1, 0.15) is 20.8 Å². The summed E-state index contributed by atoms with van der Waals surface area (Å²) >= 11 is 8.33. The minimum atomic E-state index is -0.198. The highest BCUT2D eigenvalue weighted by atomic mass is 79.9. The Morgan fingerprint density at radius 2 is 2.05 bits per heavy atom. The number of thiophene rings is 1. The molecule has 0 unspecified atom stereocenters. The number of nitrogens with zero attached hydrogens (tertiary/aromatic N) is 1. The van der Waals surface area contributed by atoms with E-state index in [0.29, 0.717) is 4.88 Å². The first-order chi connectivity index (χ1) is 9.08. The fraction of sp³-hybridized carbons (Fsp3) is 0.0769. The molecule has 19 heavy (non-hydrogen) atoms. The van der Waals surface area contributed by atoms with E-state index in [1.165, 1.54) is 11.3 Å². The summed E-state index contributed by atoms with van der Waals surface area (Å²) in [5.74, 6) is -0.198. The van der Waals surface area contributed by atoms with Crippen LogP contribution in [-0.4, -0.2) is 12.1 Å². The first kappa shape index (κ1) is 14.4. The zero-order chi connectivity index (χ0) is 13.8. The number of halogens is 2. The van der Waals surface area contributed by atoms with Crippen molar-refractivity contribution in [3.63, 3.8) is 0 Å². The predicted octanol–water partition coefficient (Wildman–Crippen LogP) is 4.35. The molecule has 1 N–H and O–H groups in total. The smallest absolute Gasteiger partial charge is 0.266 e. The molecular weight excluding hydrogens is 392 g/mol. The van der Waals surface area contributed by atoms with Crippen molar-refractivity contribution in [1.29, 1.82) is 0 Å². The van der Waals surface area contributed by atoms with Crippen LogP contribution in [0.5, 0.6) is 0 Å². The molecule has 0 saturated carbocycles. The monoisotopic (exact) mass is 400 g/mol. The van der Waals surface area contributed by atoms with E-state index < -0.39 is 0 Å². The number of nitrogens with one attached hydrogen (secondary N) is 1. The van der Waals surface area contributed by atoms with Crippen molar-refractivity contribution in [3.8, 4) is 0 Å². The molecule has 3 nitrogen and oxygen atoms in total. The van der Waals surface area contributed by atoms with Gasteiger partial charge in [-0.05, 0) is 41.6 Å². The summed E-state index contributed by atoms with van der Waals surface area (Å²) in [5.41, 5.74) is 4.52. The third-order valence-corrected chi connectivity index (χ3v) is 4.94. The lowest BCUT2D eigenvalue weighted by Gasteiger charge is -2.03. The van der Waals surface area contributed by atoms with Gasteiger partial charge in [0.15, 0.2) is 0 Å². The van der Waals surface area contributed by atoms with Gasteiger partial charge >= 0.3 is 0 Å². The molecule has 1 aromatic heterocycles. The summed E-state index contributed by atoms with van der Waals surface area (Å²) in [5, 5.41) is 5.80. The zero-order valence-electron chi connectivity index (χ0n) is 9.98. The quantitative estimate of drug-likeness (QED) is 0.602. The van der Waals surface area contributed by atoms with Gasteiger partial charge in [-0.3, -0.25) is 4.79 Å². The number of hydrogen-bond donors (Lipinski definition) is 1. The Hall–Kier alpha value is -0.980. The van der Waals surface area contributed by atoms with Gasteiger partial charge in [-0.25, -0.2) is 5.43 Å². The Bertz CT molecular complexity index is 601. The number of hydrazone groups is 1. The maximum Gasteiger partial charge on any atom is 0.281 e. The molecule has 2 rings (SSSR count). The lowest BCUT2D eigenvalue weighted by Crippen LogP contribution is -2.16. The molecule has 0 bridgehead atoms. The van der Waals surface area contributed by atoms with E-state index in [2.05, 4.69) is 42.4 Å². The lowest BCUT2D eigenvalue weighted by molar-refractivity contribution is 0.0959. The second-order valence-corrected chi connectivity index (χ2v) is 6.44. The summed E-state index contributed by atoms with van der Waals surface area (Å²) in [4.78, 5) is 12.3. The maximum atomic E-state index is 11.7. The van der Waals surface area contributed by atoms with Crippen molar-refractivity contribution >= 4 is 55.3 Å². The van der Waals surface area contributed by atoms with Crippen LogP contribution in [0.2, 0.25) is 0 Å². The van der Waals surface area contributed by atoms with E-state index in [-0.39, 0.29) is 5.91 Å². The number of carbonyl (C=O) groups excluding carboxylic acids is 1. The minimum Gasteiger partial charge on any atom is -0.266 e. The summed E-state index contributed by atoms with van der Waals surface area (Å²) in [6.45, 7) is 2.01. The van der Waals surface area contributed by atoms with Crippen molar-refractivity contribution < 1.29 is 4.79 Å². The Morgan fingerprint density at radius 1 is 1.37 bits per heavy atom. The molecular formula is C13H10Br2N2OS. The minimum absolute atomic E-state index is 0.198. The highest BCUT2D eigenvalue weighted by Crippen LogP contribution is 2.25. The van der Waals surface area contributed by atoms with E-state index in [1.807, 2.05) is 30.5 Å². The van der Waals surface area contributed by atoms with Crippen molar-refractivity contribution in [2.45, 2.75) is 6.92 Å². The average molecular weight is 402 g/mol. The number of carbonyl (C=O) groups is 1. The first-order valence-electron chi connectivity index (χ1n) is 5.40. The number of benzene rings is 1. The van der Waals surface area contributed by atoms with Crippen LogP contribution in [0, 0.1) is 6.92 Å². The third kappa shape index (κ3) is 3.75. The van der Waals surface area contributed by atoms with Crippen LogP contribution in [-0.2, 0) is 0 Å². The molecule has 0 aliphatic carbocycles. The normalized spacial score (nSPS) is 10.9. The van der Waals surface area contributed by atoms with Crippen LogP contribution in [0.3, 0.4) is 0 Å². The van der Waals surface area contributed by atoms with Crippen LogP contribution >= 0.6 is 43.2 Å². The molecule has 98 valence electrons. The molecule has 0 atom stereocenters. The van der Waals surface area contributed by atoms with E-state index in [9.17, 15) is 4.79 Å². The summed E-state index contributed by atoms with van der Waals surface area (Å²) in [6, 6.07) is 7.48. The van der Waals surface area contributed by atoms with E-state index in [4.69, 9.17) is 0 Å². The predicted molar refractivity (Wildman–Crippen MR) is 86.0 cm³/mol. The van der Waals surface area contributed by atoms with Gasteiger partial charge < -0.3 is 0 Å². The van der Waals surface area contributed by atoms with Gasteiger partial charge in [-0.2, -0.15) is 5.10 Å². The fourth-order valence-electron chi connectivity index (χ4n) is 1.37. The van der Waals surface area contributed by atoms with Crippen molar-refractivity contribution in [2.75, 3.05) is 0 Å². The standard InChI is InChI=1S/C13H10Br2N2OS/c1-8-10(14)5-9(6-11(8)15)7-16-17-13(18)12-3-2-4-19-12/h2-7H,1H3,(H,17,18)/b16-7-. The molecule has 0 spiro atoms. The molecule has 1 amide bonds. The SMILES string of the molecule is Cc1c(Br)cc(/C=N\NC(=O)c2cccs2)cc1Br. The number of amides is 1. The summed E-state index contributed by atoms with van der Waals surface area (Å²) in [7, 11) is 0. The van der Waals surface area contributed by atoms with Gasteiger partial charge in [0.05, 0.1) is 11.1 Å². The average Bonchev–Trinajstić information content (AvgIpc) is 2.89. The molecule has 1 aromatic carbocycles. The lowest BCUT2D eigenvalue weighted by atomic mass is 10.2. The van der Waals surface area contributed by atoms with Gasteiger partial charge in [0, 0.05) is 8.95 Å². The molecule has 0 fully saturated rings. The van der Waals surface area contributed by atoms with Crippen LogP contribution in [0.15, 0.2) is 43.7 Å². The molecule has 2 aromatic rings. The molecule has 0 aliphatic rings. The molecule has 0 saturated heterocycles. The topological polar surface area (TPSA) is 41.5 Å². The van der Waals surface area contributed by atoms with Gasteiger partial charge in [0.25, 0.3) is 5.91 Å². The summed E-state index contributed by atoms with van der Waals surface area (Å²) in [6.07, 6.45) is 1.61. The van der Waals surface area contributed by atoms with Crippen molar-refractivity contribution in [2.24, 2.45) is 5.10 Å². The second kappa shape index (κ2) is 6.45. The molecule has 1 heterocycles. The van der Waals surface area contributed by atoms with Crippen molar-refractivity contribution in [3.05, 3.63) is 54.6 Å². The first-order valence-corrected chi connectivity index (χ1v) is 7.87. The third-order valence-electron chi connectivity index (χ3n) is 2.43. The van der Waals surface area contributed by atoms with E-state index >= 15 is 0 Å². The number of hydrogen-bond acceptors (Lipinski definition) is 3. The van der Waals surface area contributed by atoms with Crippen LogP contribution < -0.4 is 5.43 Å². The van der Waals surface area contributed by atoms with Gasteiger partial charge in [0.1, 0.15) is 0 Å². The molecule has 0 radical (unpaired) electrons. The van der Waals surface area contributed by atoms with Gasteiger partial charge in [-0.15, -0.1) is 11.3 Å². The summed E-state index contributed by atoms with van der Waals surface area (Å²) < 4.78 is 1.99. The number of rotatable bonds is 3. The Morgan fingerprint density at radius 3 is 2.63 bits per heavy atom. The zero-order valence-corrected chi connectivity index (χ0v) is 14.0. The molecule has 6 heteroatoms. The van der Waals surface area contributed by atoms with E-state index in [0.717, 1.165) is 20.1 Å². The van der Waals surface area contributed by atoms with Crippen molar-refractivity contribution in [1.82, 2.24) is 5.43 Å². The van der Waals surface area contributed by atoms with Gasteiger partial charge in [-0.1, -0.05) is 37.9 Å². The van der Waals surface area contributed by atoms with Crippen LogP contribution in [0.4, 0.5) is 0 Å². The highest BCUT2D eigenvalue weighted by molar-refractivity contribution is 9.11. The largest absolute Gasteiger partial charge is 0.281 e. The highest BCUT2D eigenvalue weighted by Gasteiger charge is 2.04. The Balaban J connectivity index is 2.05.